The van der Waals surface area contributed by atoms with Crippen LogP contribution >= 0.6 is 0 Å². The number of allylic oxidation sites excluding steroid dienone is 3. The van der Waals surface area contributed by atoms with Crippen molar-refractivity contribution in [1.29, 1.82) is 0 Å². The lowest BCUT2D eigenvalue weighted by Crippen LogP contribution is -2.22. The molecule has 0 saturated carbocycles. The smallest absolute Gasteiger partial charge is 0.306 e. The molecule has 0 aliphatic carbocycles. The average molecular weight is 210 g/mol. The third-order valence-corrected chi connectivity index (χ3v) is 2.70. The van der Waals surface area contributed by atoms with E-state index in [4.69, 9.17) is 4.74 Å². The van der Waals surface area contributed by atoms with Crippen LogP contribution in [0, 0.1) is 5.41 Å². The van der Waals surface area contributed by atoms with Crippen molar-refractivity contribution in [3.05, 3.63) is 24.8 Å². The van der Waals surface area contributed by atoms with Crippen molar-refractivity contribution >= 4 is 5.97 Å². The Labute approximate surface area is 93.0 Å². The number of hydrogen-bond donors (Lipinski definition) is 0. The second kappa shape index (κ2) is 7.27. The monoisotopic (exact) mass is 210 g/mol. The quantitative estimate of drug-likeness (QED) is 0.475. The molecule has 0 heterocycles. The topological polar surface area (TPSA) is 26.3 Å². The fraction of sp³-hybridized carbons (Fsp3) is 0.615. The van der Waals surface area contributed by atoms with Crippen molar-refractivity contribution in [3.63, 3.8) is 0 Å². The van der Waals surface area contributed by atoms with Crippen LogP contribution in [-0.2, 0) is 9.53 Å². The number of ether oxygens (including phenoxy) is 1. The largest absolute Gasteiger partial charge is 0.466 e. The Morgan fingerprint density at radius 1 is 1.47 bits per heavy atom. The Morgan fingerprint density at radius 2 is 2.13 bits per heavy atom. The molecule has 0 radical (unpaired) electrons. The summed E-state index contributed by atoms with van der Waals surface area (Å²) >= 11 is 0. The summed E-state index contributed by atoms with van der Waals surface area (Å²) in [6.45, 7) is 10.2. The van der Waals surface area contributed by atoms with Crippen LogP contribution in [0.4, 0.5) is 0 Å². The molecule has 86 valence electrons. The van der Waals surface area contributed by atoms with Crippen LogP contribution in [0.1, 0.15) is 40.0 Å². The molecule has 0 aromatic heterocycles. The average Bonchev–Trinajstić information content (AvgIpc) is 2.25. The number of carbonyl (C=O) groups excluding carboxylic acids is 1. The Bertz CT molecular complexity index is 231. The molecule has 0 aromatic carbocycles. The van der Waals surface area contributed by atoms with E-state index in [2.05, 4.69) is 19.6 Å². The molecule has 0 saturated heterocycles. The minimum atomic E-state index is -0.140. The lowest BCUT2D eigenvalue weighted by atomic mass is 9.79. The molecular weight excluding hydrogens is 188 g/mol. The molecule has 0 rings (SSSR count). The number of hydrogen-bond acceptors (Lipinski definition) is 2. The summed E-state index contributed by atoms with van der Waals surface area (Å²) in [5.74, 6) is -0.135. The van der Waals surface area contributed by atoms with Crippen LogP contribution in [0.25, 0.3) is 0 Å². The van der Waals surface area contributed by atoms with Gasteiger partial charge >= 0.3 is 5.97 Å². The molecule has 2 heteroatoms. The highest BCUT2D eigenvalue weighted by Gasteiger charge is 2.26. The SMILES string of the molecule is C=CC(CC)(C/C=C/C)CC(=O)OCC. The van der Waals surface area contributed by atoms with Crippen molar-refractivity contribution in [2.24, 2.45) is 5.41 Å². The van der Waals surface area contributed by atoms with Gasteiger partial charge in [-0.3, -0.25) is 4.79 Å². The van der Waals surface area contributed by atoms with E-state index in [1.165, 1.54) is 0 Å². The van der Waals surface area contributed by atoms with Gasteiger partial charge in [-0.05, 0) is 26.7 Å². The summed E-state index contributed by atoms with van der Waals surface area (Å²) in [6, 6.07) is 0. The van der Waals surface area contributed by atoms with Crippen molar-refractivity contribution in [2.75, 3.05) is 6.61 Å². The van der Waals surface area contributed by atoms with Gasteiger partial charge in [0.25, 0.3) is 0 Å². The molecule has 0 fully saturated rings. The Morgan fingerprint density at radius 3 is 2.53 bits per heavy atom. The molecule has 15 heavy (non-hydrogen) atoms. The maximum absolute atomic E-state index is 11.4. The van der Waals surface area contributed by atoms with E-state index >= 15 is 0 Å². The van der Waals surface area contributed by atoms with Gasteiger partial charge in [0.1, 0.15) is 0 Å². The van der Waals surface area contributed by atoms with Gasteiger partial charge in [0.2, 0.25) is 0 Å². The van der Waals surface area contributed by atoms with Gasteiger partial charge in [0.15, 0.2) is 0 Å². The van der Waals surface area contributed by atoms with E-state index in [1.54, 1.807) is 0 Å². The van der Waals surface area contributed by atoms with Crippen LogP contribution < -0.4 is 0 Å². The predicted octanol–water partition coefficient (Wildman–Crippen LogP) is 3.49. The minimum Gasteiger partial charge on any atom is -0.466 e. The molecule has 1 unspecified atom stereocenters. The van der Waals surface area contributed by atoms with Crippen molar-refractivity contribution < 1.29 is 9.53 Å². The summed E-state index contributed by atoms with van der Waals surface area (Å²) in [5, 5.41) is 0. The third kappa shape index (κ3) is 4.82. The molecule has 0 aliphatic rings. The van der Waals surface area contributed by atoms with Gasteiger partial charge in [-0.2, -0.15) is 0 Å². The van der Waals surface area contributed by atoms with Crippen LogP contribution in [-0.4, -0.2) is 12.6 Å². The second-order valence-corrected chi connectivity index (χ2v) is 3.68. The van der Waals surface area contributed by atoms with E-state index < -0.39 is 0 Å². The number of esters is 1. The zero-order valence-corrected chi connectivity index (χ0v) is 10.1. The van der Waals surface area contributed by atoms with Crippen molar-refractivity contribution in [1.82, 2.24) is 0 Å². The molecular formula is C13H22O2. The van der Waals surface area contributed by atoms with E-state index in [9.17, 15) is 4.79 Å². The van der Waals surface area contributed by atoms with Crippen LogP contribution in [0.3, 0.4) is 0 Å². The first-order valence-corrected chi connectivity index (χ1v) is 5.54. The first kappa shape index (κ1) is 13.9. The third-order valence-electron chi connectivity index (χ3n) is 2.70. The van der Waals surface area contributed by atoms with Gasteiger partial charge in [0.05, 0.1) is 13.0 Å². The van der Waals surface area contributed by atoms with E-state index in [0.717, 1.165) is 12.8 Å². The Balaban J connectivity index is 4.48. The van der Waals surface area contributed by atoms with Crippen LogP contribution in [0.2, 0.25) is 0 Å². The zero-order chi connectivity index (χ0) is 11.7. The van der Waals surface area contributed by atoms with Crippen molar-refractivity contribution in [3.8, 4) is 0 Å². The standard InChI is InChI=1S/C13H22O2/c1-5-9-10-13(6-2,7-3)11-12(14)15-8-4/h5-6,9H,2,7-8,10-11H2,1,3-4H3/b9-5+. The molecule has 1 atom stereocenters. The van der Waals surface area contributed by atoms with E-state index in [0.29, 0.717) is 13.0 Å². The zero-order valence-electron chi connectivity index (χ0n) is 10.1. The number of rotatable bonds is 7. The van der Waals surface area contributed by atoms with Gasteiger partial charge in [-0.15, -0.1) is 6.58 Å². The Kier molecular flexibility index (Phi) is 6.76. The van der Waals surface area contributed by atoms with Crippen LogP contribution in [0.5, 0.6) is 0 Å². The summed E-state index contributed by atoms with van der Waals surface area (Å²) in [4.78, 5) is 11.4. The normalized spacial score (nSPS) is 14.9. The first-order chi connectivity index (χ1) is 7.14. The minimum absolute atomic E-state index is 0.135. The van der Waals surface area contributed by atoms with E-state index in [-0.39, 0.29) is 11.4 Å². The second-order valence-electron chi connectivity index (χ2n) is 3.68. The number of carbonyl (C=O) groups is 1. The fourth-order valence-electron chi connectivity index (χ4n) is 1.49. The van der Waals surface area contributed by atoms with E-state index in [1.807, 2.05) is 26.0 Å². The maximum Gasteiger partial charge on any atom is 0.306 e. The lowest BCUT2D eigenvalue weighted by Gasteiger charge is -2.26. The predicted molar refractivity (Wildman–Crippen MR) is 63.6 cm³/mol. The highest BCUT2D eigenvalue weighted by Crippen LogP contribution is 2.33. The molecule has 0 bridgehead atoms. The van der Waals surface area contributed by atoms with Gasteiger partial charge in [-0.25, -0.2) is 0 Å². The first-order valence-electron chi connectivity index (χ1n) is 5.54. The fourth-order valence-corrected chi connectivity index (χ4v) is 1.49. The van der Waals surface area contributed by atoms with Gasteiger partial charge < -0.3 is 4.74 Å². The Hall–Kier alpha value is -1.05. The van der Waals surface area contributed by atoms with Gasteiger partial charge in [0, 0.05) is 5.41 Å². The van der Waals surface area contributed by atoms with Crippen molar-refractivity contribution in [2.45, 2.75) is 40.0 Å². The molecule has 0 aromatic rings. The molecule has 0 amide bonds. The molecule has 0 spiro atoms. The molecule has 2 nitrogen and oxygen atoms in total. The highest BCUT2D eigenvalue weighted by molar-refractivity contribution is 5.70. The summed E-state index contributed by atoms with van der Waals surface area (Å²) in [6.07, 6.45) is 8.13. The summed E-state index contributed by atoms with van der Waals surface area (Å²) in [7, 11) is 0. The lowest BCUT2D eigenvalue weighted by molar-refractivity contribution is -0.145. The summed E-state index contributed by atoms with van der Waals surface area (Å²) < 4.78 is 4.97. The molecule has 0 N–H and O–H groups in total. The van der Waals surface area contributed by atoms with Gasteiger partial charge in [-0.1, -0.05) is 25.2 Å². The highest BCUT2D eigenvalue weighted by atomic mass is 16.5. The van der Waals surface area contributed by atoms with Crippen LogP contribution in [0.15, 0.2) is 24.8 Å². The maximum atomic E-state index is 11.4. The molecule has 0 aliphatic heterocycles. The summed E-state index contributed by atoms with van der Waals surface area (Å²) in [5.41, 5.74) is -0.140.